The van der Waals surface area contributed by atoms with E-state index in [2.05, 4.69) is 4.72 Å². The normalized spacial score (nSPS) is 11.7. The van der Waals surface area contributed by atoms with Gasteiger partial charge >= 0.3 is 0 Å². The van der Waals surface area contributed by atoms with Crippen molar-refractivity contribution in [3.8, 4) is 0 Å². The Morgan fingerprint density at radius 1 is 0.952 bits per heavy atom. The highest BCUT2D eigenvalue weighted by Crippen LogP contribution is 2.25. The molecule has 3 aromatic rings. The summed E-state index contributed by atoms with van der Waals surface area (Å²) in [5.74, 6) is -0.442. The lowest BCUT2D eigenvalue weighted by Crippen LogP contribution is -2.12. The molecule has 1 aromatic heterocycles. The van der Waals surface area contributed by atoms with Gasteiger partial charge in [0.25, 0.3) is 14.1 Å². The summed E-state index contributed by atoms with van der Waals surface area (Å²) < 4.78 is 41.0. The van der Waals surface area contributed by atoms with E-state index in [0.29, 0.717) is 4.70 Å². The second-order valence-corrected chi connectivity index (χ2v) is 8.15. The Balaban J connectivity index is 1.99. The molecule has 0 aliphatic heterocycles. The van der Waals surface area contributed by atoms with Gasteiger partial charge in [-0.1, -0.05) is 22.7 Å². The first-order valence-corrected chi connectivity index (χ1v) is 8.88. The molecule has 108 valence electrons. The topological polar surface area (TPSA) is 63.2 Å². The van der Waals surface area contributed by atoms with Crippen molar-refractivity contribution in [2.24, 2.45) is 0 Å². The largest absolute Gasteiger partial charge is 0.288 e. The van der Waals surface area contributed by atoms with Crippen LogP contribution in [0.3, 0.4) is 0 Å². The van der Waals surface area contributed by atoms with Gasteiger partial charge in [0.05, 0.1) is 9.60 Å². The van der Waals surface area contributed by atoms with Crippen LogP contribution in [0.1, 0.15) is 0 Å². The Labute approximate surface area is 127 Å². The molecule has 0 unspecified atom stereocenters. The van der Waals surface area contributed by atoms with Crippen molar-refractivity contribution in [2.45, 2.75) is 4.90 Å². The van der Waals surface area contributed by atoms with Gasteiger partial charge in [-0.25, -0.2) is 12.8 Å². The summed E-state index contributed by atoms with van der Waals surface area (Å²) in [5, 5.41) is 0. The van der Waals surface area contributed by atoms with Crippen LogP contribution >= 0.6 is 22.7 Å². The number of nitrogens with one attached hydrogen (secondary N) is 1. The lowest BCUT2D eigenvalue weighted by atomic mass is 10.3. The van der Waals surface area contributed by atoms with Crippen LogP contribution in [0.2, 0.25) is 0 Å². The van der Waals surface area contributed by atoms with Crippen LogP contribution in [-0.2, 0) is 10.0 Å². The number of benzene rings is 2. The minimum atomic E-state index is -3.77. The van der Waals surface area contributed by atoms with E-state index in [0.717, 1.165) is 27.4 Å². The van der Waals surface area contributed by atoms with Crippen molar-refractivity contribution >= 4 is 47.8 Å². The van der Waals surface area contributed by atoms with Gasteiger partial charge in [0.15, 0.2) is 0 Å². The van der Waals surface area contributed by atoms with Crippen LogP contribution in [0.25, 0.3) is 9.40 Å². The van der Waals surface area contributed by atoms with Gasteiger partial charge in [-0.2, -0.15) is 0 Å². The highest BCUT2D eigenvalue weighted by atomic mass is 32.2. The van der Waals surface area contributed by atoms with E-state index in [4.69, 9.17) is 0 Å². The second kappa shape index (κ2) is 5.21. The first kappa shape index (κ1) is 14.2. The van der Waals surface area contributed by atoms with Gasteiger partial charge in [-0.05, 0) is 42.5 Å². The average Bonchev–Trinajstić information content (AvgIpc) is 2.80. The van der Waals surface area contributed by atoms with Gasteiger partial charge in [0, 0.05) is 10.4 Å². The van der Waals surface area contributed by atoms with Crippen LogP contribution < -0.4 is 8.78 Å². The second-order valence-electron chi connectivity index (χ2n) is 4.18. The van der Waals surface area contributed by atoms with Gasteiger partial charge in [0.1, 0.15) is 5.82 Å². The lowest BCUT2D eigenvalue weighted by Gasteiger charge is -2.07. The number of anilines is 1. The van der Waals surface area contributed by atoms with Crippen LogP contribution in [0.4, 0.5) is 10.1 Å². The molecule has 0 amide bonds. The summed E-state index contributed by atoms with van der Waals surface area (Å²) in [4.78, 5) is 11.4. The minimum Gasteiger partial charge on any atom is -0.280 e. The first-order chi connectivity index (χ1) is 9.94. The van der Waals surface area contributed by atoms with E-state index in [-0.39, 0.29) is 14.6 Å². The summed E-state index contributed by atoms with van der Waals surface area (Å²) in [6, 6.07) is 9.54. The van der Waals surface area contributed by atoms with Crippen LogP contribution in [0, 0.1) is 5.82 Å². The maximum Gasteiger partial charge on any atom is 0.288 e. The van der Waals surface area contributed by atoms with Gasteiger partial charge in [-0.3, -0.25) is 9.52 Å². The summed E-state index contributed by atoms with van der Waals surface area (Å²) in [5.41, 5.74) is 0.273. The Kier molecular flexibility index (Phi) is 3.52. The van der Waals surface area contributed by atoms with E-state index in [1.807, 2.05) is 0 Å². The maximum atomic E-state index is 12.8. The molecule has 0 aliphatic carbocycles. The Morgan fingerprint density at radius 3 is 2.33 bits per heavy atom. The van der Waals surface area contributed by atoms with Crippen LogP contribution in [0.15, 0.2) is 52.2 Å². The molecule has 0 radical (unpaired) electrons. The fraction of sp³-hybridized carbons (Fsp3) is 0. The monoisotopic (exact) mass is 341 g/mol. The molecule has 3 rings (SSSR count). The Morgan fingerprint density at radius 2 is 1.62 bits per heavy atom. The molecule has 0 aliphatic rings. The molecule has 8 heteroatoms. The van der Waals surface area contributed by atoms with Crippen molar-refractivity contribution in [3.63, 3.8) is 0 Å². The van der Waals surface area contributed by atoms with Crippen molar-refractivity contribution < 1.29 is 12.8 Å². The molecule has 21 heavy (non-hydrogen) atoms. The van der Waals surface area contributed by atoms with E-state index in [1.165, 1.54) is 36.4 Å². The molecule has 0 spiro atoms. The summed E-state index contributed by atoms with van der Waals surface area (Å²) in [7, 11) is -3.77. The SMILES string of the molecule is O=c1sc2ccc(S(=O)(=O)Nc3ccc(F)cc3)cc2s1. The molecule has 1 heterocycles. The fourth-order valence-corrected chi connectivity index (χ4v) is 4.88. The third-order valence-corrected chi connectivity index (χ3v) is 6.18. The zero-order chi connectivity index (χ0) is 15.0. The fourth-order valence-electron chi connectivity index (χ4n) is 1.75. The van der Waals surface area contributed by atoms with E-state index < -0.39 is 15.8 Å². The predicted molar refractivity (Wildman–Crippen MR) is 83.2 cm³/mol. The smallest absolute Gasteiger partial charge is 0.280 e. The third kappa shape index (κ3) is 2.97. The zero-order valence-corrected chi connectivity index (χ0v) is 12.8. The predicted octanol–water partition coefficient (Wildman–Crippen LogP) is 3.26. The number of hydrogen-bond acceptors (Lipinski definition) is 5. The van der Waals surface area contributed by atoms with Gasteiger partial charge in [-0.15, -0.1) is 0 Å². The van der Waals surface area contributed by atoms with Crippen molar-refractivity contribution in [1.29, 1.82) is 0 Å². The van der Waals surface area contributed by atoms with Gasteiger partial charge in [0.2, 0.25) is 0 Å². The summed E-state index contributed by atoms with van der Waals surface area (Å²) >= 11 is 2.09. The molecule has 1 N–H and O–H groups in total. The molecular formula is C13H8FNO3S3. The van der Waals surface area contributed by atoms with Crippen LogP contribution in [0.5, 0.6) is 0 Å². The molecule has 0 atom stereocenters. The number of sulfonamides is 1. The molecule has 0 bridgehead atoms. The summed E-state index contributed by atoms with van der Waals surface area (Å²) in [6.07, 6.45) is 0. The third-order valence-electron chi connectivity index (χ3n) is 2.71. The standard InChI is InChI=1S/C13H8FNO3S3/c14-8-1-3-9(4-2-8)15-21(17,18)10-5-6-11-12(7-10)20-13(16)19-11/h1-7,15H. The number of fused-ring (bicyclic) bond motifs is 1. The van der Waals surface area contributed by atoms with E-state index in [1.54, 1.807) is 6.07 Å². The average molecular weight is 341 g/mol. The maximum absolute atomic E-state index is 12.8. The molecular weight excluding hydrogens is 333 g/mol. The highest BCUT2D eigenvalue weighted by molar-refractivity contribution is 7.92. The number of halogens is 1. The minimum absolute atomic E-state index is 0.0633. The molecule has 4 nitrogen and oxygen atoms in total. The summed E-state index contributed by atoms with van der Waals surface area (Å²) in [6.45, 7) is 0. The lowest BCUT2D eigenvalue weighted by molar-refractivity contribution is 0.601. The first-order valence-electron chi connectivity index (χ1n) is 5.76. The van der Waals surface area contributed by atoms with Crippen molar-refractivity contribution in [3.05, 3.63) is 57.1 Å². The van der Waals surface area contributed by atoms with Crippen molar-refractivity contribution in [2.75, 3.05) is 4.72 Å². The van der Waals surface area contributed by atoms with E-state index in [9.17, 15) is 17.6 Å². The highest BCUT2D eigenvalue weighted by Gasteiger charge is 2.15. The Hall–Kier alpha value is -1.77. The van der Waals surface area contributed by atoms with Crippen molar-refractivity contribution in [1.82, 2.24) is 0 Å². The number of hydrogen-bond donors (Lipinski definition) is 1. The quantitative estimate of drug-likeness (QED) is 0.795. The molecule has 0 fully saturated rings. The van der Waals surface area contributed by atoms with Gasteiger partial charge < -0.3 is 0 Å². The van der Waals surface area contributed by atoms with E-state index >= 15 is 0 Å². The van der Waals surface area contributed by atoms with Crippen LogP contribution in [-0.4, -0.2) is 8.42 Å². The molecule has 0 saturated carbocycles. The Bertz CT molecular complexity index is 958. The molecule has 2 aromatic carbocycles. The zero-order valence-electron chi connectivity index (χ0n) is 10.4. The number of rotatable bonds is 3. The molecule has 0 saturated heterocycles.